The van der Waals surface area contributed by atoms with Crippen LogP contribution in [0.4, 0.5) is 0 Å². The first-order valence-electron chi connectivity index (χ1n) is 6.46. The van der Waals surface area contributed by atoms with Gasteiger partial charge in [-0.15, -0.1) is 0 Å². The smallest absolute Gasteiger partial charge is 0.220 e. The fraction of sp³-hybridized carbons (Fsp3) is 0.312. The van der Waals surface area contributed by atoms with Gasteiger partial charge in [-0.2, -0.15) is 0 Å². The summed E-state index contributed by atoms with van der Waals surface area (Å²) in [6.07, 6.45) is 1.44. The van der Waals surface area contributed by atoms with E-state index in [-0.39, 0.29) is 11.2 Å². The topological polar surface area (TPSA) is 31.2 Å². The number of para-hydroxylation sites is 2. The van der Waals surface area contributed by atoms with E-state index in [4.69, 9.17) is 4.74 Å². The van der Waals surface area contributed by atoms with Gasteiger partial charge in [-0.25, -0.2) is 0 Å². The number of carbonyl (C=O) groups excluding carboxylic acids is 1. The summed E-state index contributed by atoms with van der Waals surface area (Å²) in [5.74, 6) is 0.791. The maximum absolute atomic E-state index is 12.7. The molecular formula is C16H17NO2. The third-order valence-electron chi connectivity index (χ3n) is 3.40. The maximum atomic E-state index is 12.7. The molecule has 2 aromatic rings. The minimum atomic E-state index is -0.468. The largest absolute Gasteiger partial charge is 0.479 e. The summed E-state index contributed by atoms with van der Waals surface area (Å²) >= 11 is 0. The Bertz CT molecular complexity index is 634. The number of rotatable bonds is 0. The Balaban J connectivity index is 2.24. The molecule has 0 saturated heterocycles. The quantitative estimate of drug-likeness (QED) is 0.721. The second-order valence-corrected chi connectivity index (χ2v) is 5.96. The SMILES string of the molecule is CC(C)(C)C1Oc2ccccc2-n2cccc2C1=O. The Morgan fingerprint density at radius 2 is 1.84 bits per heavy atom. The van der Waals surface area contributed by atoms with Gasteiger partial charge in [0.2, 0.25) is 5.78 Å². The Morgan fingerprint density at radius 3 is 2.58 bits per heavy atom. The lowest BCUT2D eigenvalue weighted by atomic mass is 9.85. The maximum Gasteiger partial charge on any atom is 0.220 e. The first-order chi connectivity index (χ1) is 8.98. The van der Waals surface area contributed by atoms with Crippen LogP contribution in [0.2, 0.25) is 0 Å². The summed E-state index contributed by atoms with van der Waals surface area (Å²) < 4.78 is 7.91. The zero-order valence-corrected chi connectivity index (χ0v) is 11.4. The number of ketones is 1. The lowest BCUT2D eigenvalue weighted by Gasteiger charge is -2.28. The molecular weight excluding hydrogens is 238 g/mol. The van der Waals surface area contributed by atoms with Gasteiger partial charge in [0, 0.05) is 11.6 Å². The molecule has 3 heteroatoms. The van der Waals surface area contributed by atoms with Gasteiger partial charge < -0.3 is 9.30 Å². The molecule has 1 atom stereocenters. The van der Waals surface area contributed by atoms with Crippen LogP contribution in [0.15, 0.2) is 42.6 Å². The third-order valence-corrected chi connectivity index (χ3v) is 3.40. The molecule has 0 aliphatic carbocycles. The van der Waals surface area contributed by atoms with E-state index in [0.29, 0.717) is 5.69 Å². The lowest BCUT2D eigenvalue weighted by Crippen LogP contribution is -2.39. The minimum Gasteiger partial charge on any atom is -0.479 e. The lowest BCUT2D eigenvalue weighted by molar-refractivity contribution is 0.0550. The summed E-state index contributed by atoms with van der Waals surface area (Å²) in [4.78, 5) is 12.7. The predicted molar refractivity (Wildman–Crippen MR) is 74.0 cm³/mol. The van der Waals surface area contributed by atoms with E-state index in [1.165, 1.54) is 0 Å². The molecule has 98 valence electrons. The van der Waals surface area contributed by atoms with E-state index in [0.717, 1.165) is 11.4 Å². The van der Waals surface area contributed by atoms with Crippen molar-refractivity contribution in [3.8, 4) is 11.4 Å². The molecule has 1 unspecified atom stereocenters. The number of nitrogens with zero attached hydrogens (tertiary/aromatic N) is 1. The van der Waals surface area contributed by atoms with Crippen LogP contribution in [0.3, 0.4) is 0 Å². The van der Waals surface area contributed by atoms with Crippen LogP contribution in [-0.2, 0) is 0 Å². The van der Waals surface area contributed by atoms with E-state index in [1.807, 2.05) is 67.9 Å². The number of Topliss-reactive ketones (excluding diaryl/α,β-unsaturated/α-hetero) is 1. The Hall–Kier alpha value is -2.03. The minimum absolute atomic E-state index is 0.0358. The third kappa shape index (κ3) is 1.86. The number of carbonyl (C=O) groups is 1. The summed E-state index contributed by atoms with van der Waals surface area (Å²) in [6.45, 7) is 6.07. The van der Waals surface area contributed by atoms with Crippen molar-refractivity contribution in [3.63, 3.8) is 0 Å². The molecule has 3 nitrogen and oxygen atoms in total. The zero-order chi connectivity index (χ0) is 13.6. The number of benzene rings is 1. The average Bonchev–Trinajstić information content (AvgIpc) is 2.79. The molecule has 19 heavy (non-hydrogen) atoms. The van der Waals surface area contributed by atoms with Crippen LogP contribution in [-0.4, -0.2) is 16.5 Å². The fourth-order valence-corrected chi connectivity index (χ4v) is 2.43. The molecule has 2 heterocycles. The molecule has 0 radical (unpaired) electrons. The zero-order valence-electron chi connectivity index (χ0n) is 11.4. The summed E-state index contributed by atoms with van der Waals surface area (Å²) in [7, 11) is 0. The first-order valence-corrected chi connectivity index (χ1v) is 6.46. The van der Waals surface area contributed by atoms with Crippen molar-refractivity contribution in [2.24, 2.45) is 5.41 Å². The highest BCUT2D eigenvalue weighted by Gasteiger charge is 2.37. The Labute approximate surface area is 112 Å². The standard InChI is InChI=1S/C16H17NO2/c1-16(2,3)15-14(18)12-8-6-10-17(12)11-7-4-5-9-13(11)19-15/h4-10,15H,1-3H3. The molecule has 0 amide bonds. The number of aromatic nitrogens is 1. The van der Waals surface area contributed by atoms with Gasteiger partial charge in [-0.05, 0) is 24.3 Å². The molecule has 1 aliphatic rings. The van der Waals surface area contributed by atoms with E-state index in [9.17, 15) is 4.79 Å². The highest BCUT2D eigenvalue weighted by atomic mass is 16.5. The van der Waals surface area contributed by atoms with Crippen molar-refractivity contribution in [1.29, 1.82) is 0 Å². The van der Waals surface area contributed by atoms with E-state index in [1.54, 1.807) is 0 Å². The molecule has 1 aliphatic heterocycles. The highest BCUT2D eigenvalue weighted by molar-refractivity contribution is 6.00. The molecule has 0 fully saturated rings. The average molecular weight is 255 g/mol. The van der Waals surface area contributed by atoms with Gasteiger partial charge in [0.25, 0.3) is 0 Å². The van der Waals surface area contributed by atoms with Crippen molar-refractivity contribution in [2.75, 3.05) is 0 Å². The van der Waals surface area contributed by atoms with Crippen molar-refractivity contribution >= 4 is 5.78 Å². The van der Waals surface area contributed by atoms with Crippen molar-refractivity contribution in [3.05, 3.63) is 48.3 Å². The van der Waals surface area contributed by atoms with Crippen LogP contribution in [0.25, 0.3) is 5.69 Å². The van der Waals surface area contributed by atoms with Crippen molar-refractivity contribution < 1.29 is 9.53 Å². The second-order valence-electron chi connectivity index (χ2n) is 5.96. The van der Waals surface area contributed by atoms with Crippen LogP contribution in [0.5, 0.6) is 5.75 Å². The van der Waals surface area contributed by atoms with Gasteiger partial charge in [0.1, 0.15) is 5.75 Å². The first kappa shape index (κ1) is 12.0. The fourth-order valence-electron chi connectivity index (χ4n) is 2.43. The molecule has 1 aromatic heterocycles. The van der Waals surface area contributed by atoms with Gasteiger partial charge in [0.05, 0.1) is 11.4 Å². The molecule has 0 bridgehead atoms. The van der Waals surface area contributed by atoms with Crippen LogP contribution >= 0.6 is 0 Å². The highest BCUT2D eigenvalue weighted by Crippen LogP contribution is 2.35. The second kappa shape index (κ2) is 3.98. The molecule has 0 spiro atoms. The molecule has 3 rings (SSSR count). The summed E-state index contributed by atoms with van der Waals surface area (Å²) in [5, 5.41) is 0. The number of hydrogen-bond acceptors (Lipinski definition) is 2. The Kier molecular flexibility index (Phi) is 2.52. The van der Waals surface area contributed by atoms with Crippen molar-refractivity contribution in [1.82, 2.24) is 4.57 Å². The molecule has 0 N–H and O–H groups in total. The molecule has 1 aromatic carbocycles. The van der Waals surface area contributed by atoms with Crippen molar-refractivity contribution in [2.45, 2.75) is 26.9 Å². The monoisotopic (exact) mass is 255 g/mol. The summed E-state index contributed by atoms with van der Waals surface area (Å²) in [5.41, 5.74) is 1.36. The number of ether oxygens (including phenoxy) is 1. The number of fused-ring (bicyclic) bond motifs is 3. The van der Waals surface area contributed by atoms with Crippen LogP contribution in [0.1, 0.15) is 31.3 Å². The normalized spacial score (nSPS) is 18.3. The van der Waals surface area contributed by atoms with E-state index >= 15 is 0 Å². The van der Waals surface area contributed by atoms with Crippen LogP contribution < -0.4 is 4.74 Å². The van der Waals surface area contributed by atoms with Gasteiger partial charge in [0.15, 0.2) is 6.10 Å². The van der Waals surface area contributed by atoms with Gasteiger partial charge in [-0.3, -0.25) is 4.79 Å². The van der Waals surface area contributed by atoms with Gasteiger partial charge >= 0.3 is 0 Å². The number of hydrogen-bond donors (Lipinski definition) is 0. The summed E-state index contributed by atoms with van der Waals surface area (Å²) in [6, 6.07) is 11.5. The predicted octanol–water partition coefficient (Wildman–Crippen LogP) is 3.47. The van der Waals surface area contributed by atoms with E-state index in [2.05, 4.69) is 0 Å². The molecule has 0 saturated carbocycles. The Morgan fingerprint density at radius 1 is 1.11 bits per heavy atom. The van der Waals surface area contributed by atoms with E-state index < -0.39 is 6.10 Å². The van der Waals surface area contributed by atoms with Crippen LogP contribution in [0, 0.1) is 5.41 Å². The van der Waals surface area contributed by atoms with Gasteiger partial charge in [-0.1, -0.05) is 32.9 Å².